The largest absolute Gasteiger partial charge is 0.395 e. The fourth-order valence-corrected chi connectivity index (χ4v) is 1.87. The third-order valence-corrected chi connectivity index (χ3v) is 2.69. The summed E-state index contributed by atoms with van der Waals surface area (Å²) in [6.07, 6.45) is 1.03. The van der Waals surface area contributed by atoms with E-state index < -0.39 is 0 Å². The van der Waals surface area contributed by atoms with E-state index in [1.165, 1.54) is 6.07 Å². The van der Waals surface area contributed by atoms with Crippen LogP contribution >= 0.6 is 0 Å². The Kier molecular flexibility index (Phi) is 6.11. The van der Waals surface area contributed by atoms with Crippen LogP contribution in [0.15, 0.2) is 18.2 Å². The minimum atomic E-state index is -0.250. The second-order valence-corrected chi connectivity index (χ2v) is 4.13. The van der Waals surface area contributed by atoms with Gasteiger partial charge in [0.2, 0.25) is 0 Å². The van der Waals surface area contributed by atoms with E-state index in [9.17, 15) is 4.39 Å². The van der Waals surface area contributed by atoms with Crippen LogP contribution in [-0.2, 0) is 13.1 Å². The summed E-state index contributed by atoms with van der Waals surface area (Å²) in [5.74, 6) is -0.250. The molecule has 3 nitrogen and oxygen atoms in total. The average Bonchev–Trinajstić information content (AvgIpc) is 2.32. The van der Waals surface area contributed by atoms with Gasteiger partial charge in [-0.2, -0.15) is 0 Å². The third kappa shape index (κ3) is 4.42. The molecular formula is C13H21FN2O. The van der Waals surface area contributed by atoms with E-state index in [1.54, 1.807) is 12.1 Å². The van der Waals surface area contributed by atoms with Crippen LogP contribution in [0.1, 0.15) is 24.5 Å². The van der Waals surface area contributed by atoms with Gasteiger partial charge in [0.05, 0.1) is 6.61 Å². The minimum absolute atomic E-state index is 0.144. The first-order valence-corrected chi connectivity index (χ1v) is 6.01. The molecule has 0 aliphatic carbocycles. The molecule has 0 aromatic heterocycles. The van der Waals surface area contributed by atoms with Crippen LogP contribution in [0.25, 0.3) is 0 Å². The molecule has 1 rings (SSSR count). The predicted octanol–water partition coefficient (Wildman–Crippen LogP) is 1.49. The van der Waals surface area contributed by atoms with Gasteiger partial charge in [-0.15, -0.1) is 0 Å². The monoisotopic (exact) mass is 240 g/mol. The van der Waals surface area contributed by atoms with E-state index in [0.717, 1.165) is 25.1 Å². The lowest BCUT2D eigenvalue weighted by molar-refractivity contribution is 0.190. The Labute approximate surface area is 102 Å². The number of aliphatic hydroxyl groups excluding tert-OH is 1. The summed E-state index contributed by atoms with van der Waals surface area (Å²) >= 11 is 0. The first-order chi connectivity index (χ1) is 8.21. The van der Waals surface area contributed by atoms with Crippen LogP contribution in [0.3, 0.4) is 0 Å². The summed E-state index contributed by atoms with van der Waals surface area (Å²) < 4.78 is 13.3. The molecule has 96 valence electrons. The van der Waals surface area contributed by atoms with Crippen LogP contribution in [0.4, 0.5) is 4.39 Å². The lowest BCUT2D eigenvalue weighted by Crippen LogP contribution is -2.27. The highest BCUT2D eigenvalue weighted by Gasteiger charge is 2.07. The minimum Gasteiger partial charge on any atom is -0.395 e. The van der Waals surface area contributed by atoms with Crippen molar-refractivity contribution in [1.29, 1.82) is 0 Å². The van der Waals surface area contributed by atoms with Gasteiger partial charge in [-0.05, 0) is 24.6 Å². The van der Waals surface area contributed by atoms with E-state index in [2.05, 4.69) is 11.8 Å². The van der Waals surface area contributed by atoms with Gasteiger partial charge in [0, 0.05) is 25.2 Å². The maximum absolute atomic E-state index is 13.3. The quantitative estimate of drug-likeness (QED) is 0.759. The summed E-state index contributed by atoms with van der Waals surface area (Å²) in [4.78, 5) is 2.15. The Morgan fingerprint density at radius 2 is 2.12 bits per heavy atom. The molecule has 0 radical (unpaired) electrons. The van der Waals surface area contributed by atoms with Gasteiger partial charge >= 0.3 is 0 Å². The molecule has 0 aliphatic rings. The lowest BCUT2D eigenvalue weighted by Gasteiger charge is -2.20. The second-order valence-electron chi connectivity index (χ2n) is 4.13. The number of benzene rings is 1. The van der Waals surface area contributed by atoms with Crippen molar-refractivity contribution in [3.05, 3.63) is 35.1 Å². The molecule has 0 saturated carbocycles. The van der Waals surface area contributed by atoms with Gasteiger partial charge in [0.1, 0.15) is 5.82 Å². The number of hydrogen-bond acceptors (Lipinski definition) is 3. The van der Waals surface area contributed by atoms with Crippen molar-refractivity contribution in [3.8, 4) is 0 Å². The van der Waals surface area contributed by atoms with Crippen LogP contribution in [-0.4, -0.2) is 29.7 Å². The number of halogens is 1. The molecule has 0 saturated heterocycles. The molecule has 0 spiro atoms. The predicted molar refractivity (Wildman–Crippen MR) is 66.9 cm³/mol. The molecule has 0 heterocycles. The Morgan fingerprint density at radius 1 is 1.35 bits per heavy atom. The van der Waals surface area contributed by atoms with Gasteiger partial charge in [0.15, 0.2) is 0 Å². The normalized spacial score (nSPS) is 11.1. The van der Waals surface area contributed by atoms with E-state index in [0.29, 0.717) is 12.1 Å². The Hall–Kier alpha value is -0.970. The van der Waals surface area contributed by atoms with E-state index in [4.69, 9.17) is 10.8 Å². The van der Waals surface area contributed by atoms with Crippen LogP contribution in [0, 0.1) is 5.82 Å². The van der Waals surface area contributed by atoms with Gasteiger partial charge < -0.3 is 10.8 Å². The van der Waals surface area contributed by atoms with Crippen molar-refractivity contribution in [3.63, 3.8) is 0 Å². The summed E-state index contributed by atoms with van der Waals surface area (Å²) in [6.45, 7) is 4.75. The number of aliphatic hydroxyl groups is 1. The highest BCUT2D eigenvalue weighted by atomic mass is 19.1. The number of rotatable bonds is 7. The second kappa shape index (κ2) is 7.37. The number of hydrogen-bond donors (Lipinski definition) is 2. The number of nitrogens with two attached hydrogens (primary N) is 1. The molecule has 0 aliphatic heterocycles. The summed E-state index contributed by atoms with van der Waals surface area (Å²) in [5.41, 5.74) is 7.05. The van der Waals surface area contributed by atoms with Gasteiger partial charge in [-0.3, -0.25) is 4.90 Å². The number of nitrogens with zero attached hydrogens (tertiary/aromatic N) is 1. The molecule has 0 bridgehead atoms. The third-order valence-electron chi connectivity index (χ3n) is 2.69. The Morgan fingerprint density at radius 3 is 2.71 bits per heavy atom. The van der Waals surface area contributed by atoms with Gasteiger partial charge in [0.25, 0.3) is 0 Å². The van der Waals surface area contributed by atoms with Gasteiger partial charge in [-0.1, -0.05) is 19.1 Å². The van der Waals surface area contributed by atoms with E-state index in [1.807, 2.05) is 0 Å². The van der Waals surface area contributed by atoms with Crippen LogP contribution in [0.5, 0.6) is 0 Å². The summed E-state index contributed by atoms with van der Waals surface area (Å²) in [5, 5.41) is 8.96. The summed E-state index contributed by atoms with van der Waals surface area (Å²) in [7, 11) is 0. The first kappa shape index (κ1) is 14.1. The Bertz CT molecular complexity index is 338. The van der Waals surface area contributed by atoms with Crippen LogP contribution in [0.2, 0.25) is 0 Å². The smallest absolute Gasteiger partial charge is 0.127 e. The van der Waals surface area contributed by atoms with E-state index in [-0.39, 0.29) is 19.0 Å². The molecule has 1 aromatic carbocycles. The van der Waals surface area contributed by atoms with Crippen molar-refractivity contribution in [2.45, 2.75) is 26.4 Å². The molecule has 0 unspecified atom stereocenters. The molecule has 17 heavy (non-hydrogen) atoms. The summed E-state index contributed by atoms with van der Waals surface area (Å²) in [6, 6.07) is 5.03. The zero-order valence-corrected chi connectivity index (χ0v) is 10.3. The van der Waals surface area contributed by atoms with Crippen molar-refractivity contribution in [2.75, 3.05) is 19.7 Å². The highest BCUT2D eigenvalue weighted by Crippen LogP contribution is 2.12. The molecule has 3 N–H and O–H groups in total. The average molecular weight is 240 g/mol. The van der Waals surface area contributed by atoms with Crippen molar-refractivity contribution < 1.29 is 9.50 Å². The van der Waals surface area contributed by atoms with Crippen molar-refractivity contribution in [1.82, 2.24) is 4.90 Å². The van der Waals surface area contributed by atoms with Crippen molar-refractivity contribution >= 4 is 0 Å². The highest BCUT2D eigenvalue weighted by molar-refractivity contribution is 5.25. The maximum atomic E-state index is 13.3. The van der Waals surface area contributed by atoms with Gasteiger partial charge in [-0.25, -0.2) is 4.39 Å². The van der Waals surface area contributed by atoms with Crippen molar-refractivity contribution in [2.24, 2.45) is 5.73 Å². The zero-order valence-electron chi connectivity index (χ0n) is 10.3. The van der Waals surface area contributed by atoms with Crippen LogP contribution < -0.4 is 5.73 Å². The molecule has 0 amide bonds. The molecule has 4 heteroatoms. The topological polar surface area (TPSA) is 49.5 Å². The zero-order chi connectivity index (χ0) is 12.7. The fourth-order valence-electron chi connectivity index (χ4n) is 1.87. The molecule has 0 atom stereocenters. The molecule has 1 aromatic rings. The fraction of sp³-hybridized carbons (Fsp3) is 0.538. The molecule has 0 fully saturated rings. The van der Waals surface area contributed by atoms with E-state index >= 15 is 0 Å². The maximum Gasteiger partial charge on any atom is 0.127 e. The Balaban J connectivity index is 2.71. The first-order valence-electron chi connectivity index (χ1n) is 6.01. The lowest BCUT2D eigenvalue weighted by atomic mass is 10.1. The SMILES string of the molecule is CCCN(CCO)Cc1ccc(F)c(CN)c1. The molecular weight excluding hydrogens is 219 g/mol. The standard InChI is InChI=1S/C13H21FN2O/c1-2-5-16(6-7-17)10-11-3-4-13(14)12(8-11)9-15/h3-4,8,17H,2,5-7,9-10,15H2,1H3.